The molecule has 1 N–H and O–H groups in total. The molecular weight excluding hydrogens is 250 g/mol. The average molecular weight is 280 g/mol. The van der Waals surface area contributed by atoms with E-state index in [1.54, 1.807) is 0 Å². The number of hydrogen-bond acceptors (Lipinski definition) is 2. The van der Waals surface area contributed by atoms with Crippen LogP contribution in [0.4, 0.5) is 0 Å². The number of hydrogen-bond donors (Lipinski definition) is 1. The van der Waals surface area contributed by atoms with Crippen LogP contribution in [0.5, 0.6) is 0 Å². The Bertz CT molecular complexity index is 287. The van der Waals surface area contributed by atoms with Crippen molar-refractivity contribution in [2.75, 3.05) is 32.4 Å². The molecule has 0 amide bonds. The van der Waals surface area contributed by atoms with Gasteiger partial charge in [0, 0.05) is 0 Å². The van der Waals surface area contributed by atoms with Crippen molar-refractivity contribution in [3.05, 3.63) is 0 Å². The Kier molecular flexibility index (Phi) is 8.82. The van der Waals surface area contributed by atoms with Gasteiger partial charge in [-0.15, -0.1) is 0 Å². The monoisotopic (exact) mass is 280 g/mol. The van der Waals surface area contributed by atoms with Gasteiger partial charge < -0.3 is 4.48 Å². The molecule has 0 aliphatic carbocycles. The first-order valence-corrected chi connectivity index (χ1v) is 8.95. The van der Waals surface area contributed by atoms with Crippen molar-refractivity contribution in [3.8, 4) is 0 Å². The number of rotatable bonds is 5. The molecule has 5 heteroatoms. The molecule has 1 aliphatic heterocycles. The SMILES string of the molecule is CCCCC[N+]1(CC)CCCCC1.CS(=O)(=O)O. The fraction of sp³-hybridized carbons (Fsp3) is 1.00. The van der Waals surface area contributed by atoms with Crippen LogP contribution in [0.3, 0.4) is 0 Å². The van der Waals surface area contributed by atoms with Crippen molar-refractivity contribution in [1.82, 2.24) is 0 Å². The second-order valence-electron chi connectivity index (χ2n) is 5.33. The number of quaternary nitrogens is 1. The van der Waals surface area contributed by atoms with E-state index in [1.807, 2.05) is 0 Å². The Morgan fingerprint density at radius 1 is 1.06 bits per heavy atom. The molecule has 0 saturated carbocycles. The Morgan fingerprint density at radius 3 is 1.94 bits per heavy atom. The minimum atomic E-state index is -3.67. The largest absolute Gasteiger partial charge is 0.324 e. The fourth-order valence-electron chi connectivity index (χ4n) is 2.58. The summed E-state index contributed by atoms with van der Waals surface area (Å²) >= 11 is 0. The number of nitrogens with zero attached hydrogens (tertiary/aromatic N) is 1. The van der Waals surface area contributed by atoms with Crippen molar-refractivity contribution >= 4 is 10.1 Å². The standard InChI is InChI=1S/C12H26N.CH4O3S/c1-3-5-7-10-13(4-2)11-8-6-9-12-13;1-5(2,3)4/h3-12H2,1-2H3;1H3,(H,2,3,4)/q+1;. The van der Waals surface area contributed by atoms with Crippen molar-refractivity contribution in [2.24, 2.45) is 0 Å². The molecule has 18 heavy (non-hydrogen) atoms. The molecule has 0 radical (unpaired) electrons. The lowest BCUT2D eigenvalue weighted by atomic mass is 10.1. The van der Waals surface area contributed by atoms with E-state index < -0.39 is 10.1 Å². The van der Waals surface area contributed by atoms with E-state index >= 15 is 0 Å². The van der Waals surface area contributed by atoms with Gasteiger partial charge >= 0.3 is 0 Å². The summed E-state index contributed by atoms with van der Waals surface area (Å²) < 4.78 is 27.3. The van der Waals surface area contributed by atoms with Gasteiger partial charge in [0.05, 0.1) is 32.4 Å². The summed E-state index contributed by atoms with van der Waals surface area (Å²) in [6.07, 6.45) is 9.38. The lowest BCUT2D eigenvalue weighted by molar-refractivity contribution is -0.931. The summed E-state index contributed by atoms with van der Waals surface area (Å²) in [5, 5.41) is 0. The molecule has 0 atom stereocenters. The first-order valence-electron chi connectivity index (χ1n) is 7.10. The Hall–Kier alpha value is -0.130. The molecule has 0 spiro atoms. The summed E-state index contributed by atoms with van der Waals surface area (Å²) in [4.78, 5) is 0. The third kappa shape index (κ3) is 9.85. The summed E-state index contributed by atoms with van der Waals surface area (Å²) in [5.74, 6) is 0. The van der Waals surface area contributed by atoms with Crippen molar-refractivity contribution in [2.45, 2.75) is 52.4 Å². The van der Waals surface area contributed by atoms with E-state index in [1.165, 1.54) is 69.2 Å². The van der Waals surface area contributed by atoms with E-state index in [0.717, 1.165) is 0 Å². The molecule has 0 aromatic carbocycles. The zero-order valence-electron chi connectivity index (χ0n) is 12.2. The van der Waals surface area contributed by atoms with Crippen LogP contribution in [0.2, 0.25) is 0 Å². The highest BCUT2D eigenvalue weighted by atomic mass is 32.2. The first-order chi connectivity index (χ1) is 8.33. The predicted molar refractivity (Wildman–Crippen MR) is 76.3 cm³/mol. The van der Waals surface area contributed by atoms with Gasteiger partial charge in [-0.2, -0.15) is 8.42 Å². The molecule has 1 saturated heterocycles. The summed E-state index contributed by atoms with van der Waals surface area (Å²) in [6.45, 7) is 10.4. The van der Waals surface area contributed by atoms with Crippen molar-refractivity contribution < 1.29 is 17.5 Å². The maximum Gasteiger partial charge on any atom is 0.261 e. The Morgan fingerprint density at radius 2 is 1.56 bits per heavy atom. The van der Waals surface area contributed by atoms with Crippen LogP contribution < -0.4 is 0 Å². The molecule has 0 aromatic heterocycles. The van der Waals surface area contributed by atoms with Crippen LogP contribution >= 0.6 is 0 Å². The lowest BCUT2D eigenvalue weighted by Crippen LogP contribution is -2.51. The van der Waals surface area contributed by atoms with Gasteiger partial charge in [-0.3, -0.25) is 4.55 Å². The quantitative estimate of drug-likeness (QED) is 0.478. The summed E-state index contributed by atoms with van der Waals surface area (Å²) in [6, 6.07) is 0. The summed E-state index contributed by atoms with van der Waals surface area (Å²) in [7, 11) is -3.67. The van der Waals surface area contributed by atoms with E-state index in [4.69, 9.17) is 4.55 Å². The first kappa shape index (κ1) is 17.9. The number of piperidine rings is 1. The topological polar surface area (TPSA) is 54.4 Å². The van der Waals surface area contributed by atoms with E-state index in [-0.39, 0.29) is 0 Å². The van der Waals surface area contributed by atoms with Crippen molar-refractivity contribution in [1.29, 1.82) is 0 Å². The van der Waals surface area contributed by atoms with Gasteiger partial charge in [-0.05, 0) is 39.0 Å². The maximum absolute atomic E-state index is 9.19. The normalized spacial score (nSPS) is 18.9. The summed E-state index contributed by atoms with van der Waals surface area (Å²) in [5.41, 5.74) is 0. The fourth-order valence-corrected chi connectivity index (χ4v) is 2.58. The van der Waals surface area contributed by atoms with E-state index in [0.29, 0.717) is 6.26 Å². The zero-order valence-corrected chi connectivity index (χ0v) is 13.0. The van der Waals surface area contributed by atoms with Crippen LogP contribution in [0.25, 0.3) is 0 Å². The zero-order chi connectivity index (χ0) is 14.1. The van der Waals surface area contributed by atoms with Gasteiger partial charge in [0.1, 0.15) is 0 Å². The molecule has 0 bridgehead atoms. The molecule has 4 nitrogen and oxygen atoms in total. The molecule has 1 fully saturated rings. The third-order valence-corrected chi connectivity index (χ3v) is 3.67. The average Bonchev–Trinajstić information content (AvgIpc) is 2.28. The van der Waals surface area contributed by atoms with Gasteiger partial charge in [0.15, 0.2) is 0 Å². The van der Waals surface area contributed by atoms with Crippen LogP contribution in [-0.4, -0.2) is 49.9 Å². The van der Waals surface area contributed by atoms with Gasteiger partial charge in [-0.25, -0.2) is 0 Å². The second-order valence-corrected chi connectivity index (χ2v) is 6.80. The van der Waals surface area contributed by atoms with Crippen molar-refractivity contribution in [3.63, 3.8) is 0 Å². The second kappa shape index (κ2) is 8.88. The maximum atomic E-state index is 9.19. The molecule has 1 aliphatic rings. The highest BCUT2D eigenvalue weighted by molar-refractivity contribution is 7.85. The molecule has 0 unspecified atom stereocenters. The Balaban J connectivity index is 0.000000494. The van der Waals surface area contributed by atoms with Crippen LogP contribution in [0.15, 0.2) is 0 Å². The van der Waals surface area contributed by atoms with E-state index in [9.17, 15) is 8.42 Å². The molecule has 1 rings (SSSR count). The number of unbranched alkanes of at least 4 members (excludes halogenated alkanes) is 2. The van der Waals surface area contributed by atoms with Crippen LogP contribution in [0, 0.1) is 0 Å². The smallest absolute Gasteiger partial charge is 0.261 e. The molecule has 1 heterocycles. The minimum absolute atomic E-state index is 0.715. The third-order valence-electron chi connectivity index (χ3n) is 3.67. The minimum Gasteiger partial charge on any atom is -0.324 e. The highest BCUT2D eigenvalue weighted by Gasteiger charge is 2.26. The predicted octanol–water partition coefficient (Wildman–Crippen LogP) is 2.70. The van der Waals surface area contributed by atoms with Gasteiger partial charge in [0.2, 0.25) is 0 Å². The number of likely N-dealkylation sites (tertiary alicyclic amines) is 1. The van der Waals surface area contributed by atoms with Gasteiger partial charge in [0.25, 0.3) is 10.1 Å². The molecule has 0 aromatic rings. The van der Waals surface area contributed by atoms with Crippen LogP contribution in [0.1, 0.15) is 52.4 Å². The molecular formula is C13H30NO3S+. The molecule has 110 valence electrons. The van der Waals surface area contributed by atoms with Gasteiger partial charge in [-0.1, -0.05) is 13.3 Å². The highest BCUT2D eigenvalue weighted by Crippen LogP contribution is 2.19. The van der Waals surface area contributed by atoms with E-state index in [2.05, 4.69) is 13.8 Å². The lowest BCUT2D eigenvalue weighted by Gasteiger charge is -2.41. The van der Waals surface area contributed by atoms with Crippen LogP contribution in [-0.2, 0) is 10.1 Å². The Labute approximate surface area is 113 Å².